The van der Waals surface area contributed by atoms with Gasteiger partial charge in [0, 0.05) is 26.2 Å². The number of carbonyl (C=O) groups is 2. The van der Waals surface area contributed by atoms with Gasteiger partial charge in [0.05, 0.1) is 12.7 Å². The van der Waals surface area contributed by atoms with Crippen molar-refractivity contribution in [3.05, 3.63) is 0 Å². The van der Waals surface area contributed by atoms with Gasteiger partial charge >= 0.3 is 12.0 Å². The monoisotopic (exact) mass is 271 g/mol. The largest absolute Gasteiger partial charge is 0.480 e. The molecule has 2 aliphatic rings. The molecule has 0 aromatic heterocycles. The minimum absolute atomic E-state index is 0.0198. The fourth-order valence-corrected chi connectivity index (χ4v) is 2.56. The van der Waals surface area contributed by atoms with Crippen LogP contribution in [0.25, 0.3) is 0 Å². The highest BCUT2D eigenvalue weighted by atomic mass is 16.5. The van der Waals surface area contributed by atoms with Crippen molar-refractivity contribution in [2.24, 2.45) is 0 Å². The maximum atomic E-state index is 12.0. The molecule has 0 spiro atoms. The van der Waals surface area contributed by atoms with E-state index in [4.69, 9.17) is 9.84 Å². The van der Waals surface area contributed by atoms with Crippen LogP contribution in [0.5, 0.6) is 0 Å². The van der Waals surface area contributed by atoms with Gasteiger partial charge in [-0.2, -0.15) is 0 Å². The van der Waals surface area contributed by atoms with E-state index >= 15 is 0 Å². The highest BCUT2D eigenvalue weighted by Gasteiger charge is 2.34. The van der Waals surface area contributed by atoms with Gasteiger partial charge in [0.1, 0.15) is 6.04 Å². The Morgan fingerprint density at radius 1 is 1.42 bits per heavy atom. The van der Waals surface area contributed by atoms with Crippen molar-refractivity contribution < 1.29 is 19.4 Å². The van der Waals surface area contributed by atoms with Crippen LogP contribution < -0.4 is 5.32 Å². The van der Waals surface area contributed by atoms with Crippen molar-refractivity contribution in [2.45, 2.75) is 25.0 Å². The number of hydrogen-bond donors (Lipinski definition) is 2. The number of aliphatic carboxylic acids is 1. The summed E-state index contributed by atoms with van der Waals surface area (Å²) in [6, 6.07) is -0.989. The van der Waals surface area contributed by atoms with Crippen LogP contribution in [0.3, 0.4) is 0 Å². The number of likely N-dealkylation sites (N-methyl/N-ethyl adjacent to an activating group) is 1. The Labute approximate surface area is 112 Å². The number of carbonyl (C=O) groups excluding carboxylic acids is 1. The van der Waals surface area contributed by atoms with Gasteiger partial charge in [-0.1, -0.05) is 0 Å². The highest BCUT2D eigenvalue weighted by Crippen LogP contribution is 2.17. The van der Waals surface area contributed by atoms with Crippen molar-refractivity contribution in [2.75, 3.05) is 39.8 Å². The maximum Gasteiger partial charge on any atom is 0.326 e. The molecule has 0 aliphatic carbocycles. The first-order valence-electron chi connectivity index (χ1n) is 6.65. The van der Waals surface area contributed by atoms with E-state index in [2.05, 4.69) is 10.2 Å². The van der Waals surface area contributed by atoms with Gasteiger partial charge in [-0.05, 0) is 19.9 Å². The van der Waals surface area contributed by atoms with E-state index in [0.29, 0.717) is 26.1 Å². The lowest BCUT2D eigenvalue weighted by atomic mass is 10.2. The lowest BCUT2D eigenvalue weighted by Gasteiger charge is -2.31. The molecule has 2 atom stereocenters. The van der Waals surface area contributed by atoms with E-state index in [1.165, 1.54) is 4.90 Å². The summed E-state index contributed by atoms with van der Waals surface area (Å²) in [5.41, 5.74) is 0. The van der Waals surface area contributed by atoms with Crippen LogP contribution in [0.2, 0.25) is 0 Å². The highest BCUT2D eigenvalue weighted by molar-refractivity contribution is 5.83. The molecule has 0 radical (unpaired) electrons. The van der Waals surface area contributed by atoms with E-state index in [1.807, 2.05) is 7.05 Å². The number of carboxylic acid groups (broad SMARTS) is 1. The SMILES string of the molecule is CN1CCOC(CNC(=O)N2CCC[C@H]2C(=O)O)C1. The number of likely N-dealkylation sites (tertiary alicyclic amines) is 1. The van der Waals surface area contributed by atoms with Crippen LogP contribution in [0.15, 0.2) is 0 Å². The summed E-state index contributed by atoms with van der Waals surface area (Å²) in [5.74, 6) is -0.929. The second-order valence-corrected chi connectivity index (χ2v) is 5.13. The van der Waals surface area contributed by atoms with Gasteiger partial charge in [-0.3, -0.25) is 0 Å². The third-order valence-electron chi connectivity index (χ3n) is 3.62. The van der Waals surface area contributed by atoms with Gasteiger partial charge in [0.15, 0.2) is 0 Å². The number of ether oxygens (including phenoxy) is 1. The molecule has 1 unspecified atom stereocenters. The lowest BCUT2D eigenvalue weighted by Crippen LogP contribution is -2.50. The van der Waals surface area contributed by atoms with Crippen LogP contribution in [0.4, 0.5) is 4.79 Å². The summed E-state index contributed by atoms with van der Waals surface area (Å²) in [6.07, 6.45) is 1.26. The minimum Gasteiger partial charge on any atom is -0.480 e. The van der Waals surface area contributed by atoms with Gasteiger partial charge in [-0.25, -0.2) is 9.59 Å². The number of carboxylic acids is 1. The molecule has 2 N–H and O–H groups in total. The second kappa shape index (κ2) is 6.21. The van der Waals surface area contributed by atoms with Gasteiger partial charge in [-0.15, -0.1) is 0 Å². The van der Waals surface area contributed by atoms with Gasteiger partial charge < -0.3 is 25.0 Å². The van der Waals surface area contributed by atoms with Crippen molar-refractivity contribution >= 4 is 12.0 Å². The quantitative estimate of drug-likeness (QED) is 0.728. The number of nitrogens with zero attached hydrogens (tertiary/aromatic N) is 2. The van der Waals surface area contributed by atoms with E-state index < -0.39 is 12.0 Å². The molecular weight excluding hydrogens is 250 g/mol. The van der Waals surface area contributed by atoms with Crippen LogP contribution in [-0.2, 0) is 9.53 Å². The van der Waals surface area contributed by atoms with E-state index in [-0.39, 0.29) is 12.1 Å². The third-order valence-corrected chi connectivity index (χ3v) is 3.62. The standard InChI is InChI=1S/C12H21N3O4/c1-14-5-6-19-9(8-14)7-13-12(18)15-4-2-3-10(15)11(16)17/h9-10H,2-8H2,1H3,(H,13,18)(H,16,17)/t9?,10-/m0/s1. The molecular formula is C12H21N3O4. The first kappa shape index (κ1) is 14.1. The summed E-state index contributed by atoms with van der Waals surface area (Å²) in [4.78, 5) is 26.5. The Morgan fingerprint density at radius 2 is 2.21 bits per heavy atom. The predicted molar refractivity (Wildman–Crippen MR) is 68.0 cm³/mol. The lowest BCUT2D eigenvalue weighted by molar-refractivity contribution is -0.141. The van der Waals surface area contributed by atoms with Crippen LogP contribution in [0.1, 0.15) is 12.8 Å². The predicted octanol–water partition coefficient (Wildman–Crippen LogP) is -0.424. The zero-order chi connectivity index (χ0) is 13.8. The van der Waals surface area contributed by atoms with Gasteiger partial charge in [0.25, 0.3) is 0 Å². The molecule has 2 rings (SSSR count). The molecule has 2 saturated heterocycles. The van der Waals surface area contributed by atoms with Crippen molar-refractivity contribution in [3.63, 3.8) is 0 Å². The number of rotatable bonds is 3. The first-order chi connectivity index (χ1) is 9.08. The Bertz CT molecular complexity index is 350. The third kappa shape index (κ3) is 3.57. The summed E-state index contributed by atoms with van der Waals surface area (Å²) >= 11 is 0. The van der Waals surface area contributed by atoms with Crippen LogP contribution in [-0.4, -0.2) is 78.9 Å². The summed E-state index contributed by atoms with van der Waals surface area (Å²) in [7, 11) is 2.01. The number of nitrogens with one attached hydrogen (secondary N) is 1. The number of morpholine rings is 1. The molecule has 0 aromatic carbocycles. The topological polar surface area (TPSA) is 82.1 Å². The van der Waals surface area contributed by atoms with Crippen LogP contribution >= 0.6 is 0 Å². The molecule has 2 aliphatic heterocycles. The summed E-state index contributed by atoms with van der Waals surface area (Å²) in [5, 5.41) is 11.8. The van der Waals surface area contributed by atoms with E-state index in [9.17, 15) is 9.59 Å². The number of urea groups is 1. The summed E-state index contributed by atoms with van der Waals surface area (Å²) < 4.78 is 5.54. The zero-order valence-electron chi connectivity index (χ0n) is 11.2. The minimum atomic E-state index is -0.929. The fourth-order valence-electron chi connectivity index (χ4n) is 2.56. The molecule has 108 valence electrons. The number of amides is 2. The molecule has 2 fully saturated rings. The Hall–Kier alpha value is -1.34. The molecule has 7 nitrogen and oxygen atoms in total. The Morgan fingerprint density at radius 3 is 2.89 bits per heavy atom. The molecule has 0 bridgehead atoms. The van der Waals surface area contributed by atoms with E-state index in [0.717, 1.165) is 19.5 Å². The van der Waals surface area contributed by atoms with Gasteiger partial charge in [0.2, 0.25) is 0 Å². The normalized spacial score (nSPS) is 28.4. The first-order valence-corrected chi connectivity index (χ1v) is 6.65. The smallest absolute Gasteiger partial charge is 0.326 e. The zero-order valence-corrected chi connectivity index (χ0v) is 11.2. The van der Waals surface area contributed by atoms with Crippen molar-refractivity contribution in [1.29, 1.82) is 0 Å². The van der Waals surface area contributed by atoms with Crippen molar-refractivity contribution in [3.8, 4) is 0 Å². The fraction of sp³-hybridized carbons (Fsp3) is 0.833. The molecule has 0 saturated carbocycles. The second-order valence-electron chi connectivity index (χ2n) is 5.13. The molecule has 2 heterocycles. The van der Waals surface area contributed by atoms with E-state index in [1.54, 1.807) is 0 Å². The Kier molecular flexibility index (Phi) is 4.60. The average molecular weight is 271 g/mol. The molecule has 0 aromatic rings. The average Bonchev–Trinajstić information content (AvgIpc) is 2.85. The van der Waals surface area contributed by atoms with Crippen LogP contribution in [0, 0.1) is 0 Å². The molecule has 19 heavy (non-hydrogen) atoms. The summed E-state index contributed by atoms with van der Waals surface area (Å²) in [6.45, 7) is 3.28. The van der Waals surface area contributed by atoms with Crippen molar-refractivity contribution in [1.82, 2.24) is 15.1 Å². The maximum absolute atomic E-state index is 12.0. The molecule has 2 amide bonds. The molecule has 7 heteroatoms. The number of hydrogen-bond acceptors (Lipinski definition) is 4. The Balaban J connectivity index is 1.79.